The number of hydrogen-bond acceptors (Lipinski definition) is 6. The van der Waals surface area contributed by atoms with Crippen molar-refractivity contribution in [2.45, 2.75) is 13.8 Å². The highest BCUT2D eigenvalue weighted by molar-refractivity contribution is 5.96. The van der Waals surface area contributed by atoms with Crippen molar-refractivity contribution in [3.05, 3.63) is 63.7 Å². The van der Waals surface area contributed by atoms with E-state index in [1.807, 2.05) is 13.0 Å². The SMILES string of the molecule is CCOc1ccc(C(=O)OCC(=O)Nc2cccc(C)c2)cc1[N+](=O)[O-]. The molecule has 0 aromatic heterocycles. The average Bonchev–Trinajstić information content (AvgIpc) is 2.60. The largest absolute Gasteiger partial charge is 0.487 e. The molecule has 1 amide bonds. The summed E-state index contributed by atoms with van der Waals surface area (Å²) < 4.78 is 10.1. The molecule has 0 unspecified atom stereocenters. The summed E-state index contributed by atoms with van der Waals surface area (Å²) in [4.78, 5) is 34.3. The fourth-order valence-corrected chi connectivity index (χ4v) is 2.20. The predicted molar refractivity (Wildman–Crippen MR) is 94.4 cm³/mol. The molecule has 0 fully saturated rings. The number of anilines is 1. The van der Waals surface area contributed by atoms with Gasteiger partial charge in [-0.25, -0.2) is 4.79 Å². The average molecular weight is 358 g/mol. The summed E-state index contributed by atoms with van der Waals surface area (Å²) >= 11 is 0. The van der Waals surface area contributed by atoms with Crippen LogP contribution in [0.1, 0.15) is 22.8 Å². The fraction of sp³-hybridized carbons (Fsp3) is 0.222. The van der Waals surface area contributed by atoms with Gasteiger partial charge in [0.1, 0.15) is 0 Å². The van der Waals surface area contributed by atoms with Gasteiger partial charge in [0.15, 0.2) is 12.4 Å². The standard InChI is InChI=1S/C18H18N2O6/c1-3-25-16-8-7-13(10-15(16)20(23)24)18(22)26-11-17(21)19-14-6-4-5-12(2)9-14/h4-10H,3,11H2,1-2H3,(H,19,21). The molecule has 0 aliphatic carbocycles. The Kier molecular flexibility index (Phi) is 6.26. The van der Waals surface area contributed by atoms with E-state index in [9.17, 15) is 19.7 Å². The molecule has 2 rings (SSSR count). The van der Waals surface area contributed by atoms with E-state index in [0.717, 1.165) is 11.6 Å². The van der Waals surface area contributed by atoms with Crippen LogP contribution in [0.2, 0.25) is 0 Å². The Bertz CT molecular complexity index is 834. The lowest BCUT2D eigenvalue weighted by Crippen LogP contribution is -2.21. The molecular weight excluding hydrogens is 340 g/mol. The van der Waals surface area contributed by atoms with E-state index in [1.54, 1.807) is 25.1 Å². The third kappa shape index (κ3) is 5.04. The van der Waals surface area contributed by atoms with Crippen molar-refractivity contribution in [1.82, 2.24) is 0 Å². The summed E-state index contributed by atoms with van der Waals surface area (Å²) in [6.07, 6.45) is 0. The van der Waals surface area contributed by atoms with Crippen molar-refractivity contribution in [2.75, 3.05) is 18.5 Å². The number of amides is 1. The molecule has 8 heteroatoms. The molecule has 2 aromatic carbocycles. The fourth-order valence-electron chi connectivity index (χ4n) is 2.20. The Hall–Kier alpha value is -3.42. The van der Waals surface area contributed by atoms with E-state index in [1.165, 1.54) is 12.1 Å². The highest BCUT2D eigenvalue weighted by Gasteiger charge is 2.20. The van der Waals surface area contributed by atoms with Crippen molar-refractivity contribution in [3.8, 4) is 5.75 Å². The Labute approximate surface area is 149 Å². The number of rotatable bonds is 7. The predicted octanol–water partition coefficient (Wildman–Crippen LogP) is 3.10. The van der Waals surface area contributed by atoms with E-state index >= 15 is 0 Å². The maximum absolute atomic E-state index is 12.0. The van der Waals surface area contributed by atoms with Gasteiger partial charge in [0, 0.05) is 11.8 Å². The first-order valence-corrected chi connectivity index (χ1v) is 7.85. The molecule has 1 N–H and O–H groups in total. The van der Waals surface area contributed by atoms with Gasteiger partial charge < -0.3 is 14.8 Å². The lowest BCUT2D eigenvalue weighted by atomic mass is 10.2. The zero-order valence-electron chi connectivity index (χ0n) is 14.4. The van der Waals surface area contributed by atoms with Crippen molar-refractivity contribution < 1.29 is 24.0 Å². The van der Waals surface area contributed by atoms with Crippen molar-refractivity contribution in [2.24, 2.45) is 0 Å². The van der Waals surface area contributed by atoms with Crippen LogP contribution in [0.15, 0.2) is 42.5 Å². The van der Waals surface area contributed by atoms with Crippen LogP contribution in [0, 0.1) is 17.0 Å². The number of carbonyl (C=O) groups excluding carboxylic acids is 2. The van der Waals surface area contributed by atoms with Crippen molar-refractivity contribution in [3.63, 3.8) is 0 Å². The molecule has 26 heavy (non-hydrogen) atoms. The zero-order valence-corrected chi connectivity index (χ0v) is 14.4. The second-order valence-corrected chi connectivity index (χ2v) is 5.37. The summed E-state index contributed by atoms with van der Waals surface area (Å²) in [5.74, 6) is -1.29. The number of nitrogens with zero attached hydrogens (tertiary/aromatic N) is 1. The number of benzene rings is 2. The van der Waals surface area contributed by atoms with Gasteiger partial charge in [0.2, 0.25) is 0 Å². The minimum absolute atomic E-state index is 0.0384. The van der Waals surface area contributed by atoms with Crippen LogP contribution >= 0.6 is 0 Å². The third-order valence-corrected chi connectivity index (χ3v) is 3.33. The molecule has 0 radical (unpaired) electrons. The molecule has 0 saturated carbocycles. The van der Waals surface area contributed by atoms with Crippen molar-refractivity contribution in [1.29, 1.82) is 0 Å². The summed E-state index contributed by atoms with van der Waals surface area (Å²) in [5.41, 5.74) is 1.18. The summed E-state index contributed by atoms with van der Waals surface area (Å²) in [5, 5.41) is 13.7. The van der Waals surface area contributed by atoms with Crippen LogP contribution in [0.3, 0.4) is 0 Å². The second-order valence-electron chi connectivity index (χ2n) is 5.37. The highest BCUT2D eigenvalue weighted by Crippen LogP contribution is 2.28. The normalized spacial score (nSPS) is 10.1. The van der Waals surface area contributed by atoms with Crippen LogP contribution in [0.4, 0.5) is 11.4 Å². The maximum Gasteiger partial charge on any atom is 0.338 e. The van der Waals surface area contributed by atoms with E-state index in [-0.39, 0.29) is 23.6 Å². The van der Waals surface area contributed by atoms with Gasteiger partial charge in [-0.3, -0.25) is 14.9 Å². The number of carbonyl (C=O) groups is 2. The molecular formula is C18H18N2O6. The number of nitro groups is 1. The minimum atomic E-state index is -0.837. The van der Waals surface area contributed by atoms with Crippen LogP contribution < -0.4 is 10.1 Å². The van der Waals surface area contributed by atoms with Gasteiger partial charge in [-0.15, -0.1) is 0 Å². The molecule has 0 saturated heterocycles. The van der Waals surface area contributed by atoms with Gasteiger partial charge >= 0.3 is 11.7 Å². The van der Waals surface area contributed by atoms with Crippen LogP contribution in [-0.4, -0.2) is 30.0 Å². The molecule has 0 aliphatic heterocycles. The van der Waals surface area contributed by atoms with Gasteiger partial charge in [0.25, 0.3) is 5.91 Å². The molecule has 2 aromatic rings. The molecule has 136 valence electrons. The number of ether oxygens (including phenoxy) is 2. The zero-order chi connectivity index (χ0) is 19.1. The summed E-state index contributed by atoms with van der Waals surface area (Å²) in [6.45, 7) is 3.32. The molecule has 0 heterocycles. The number of nitro benzene ring substituents is 1. The summed E-state index contributed by atoms with van der Waals surface area (Å²) in [7, 11) is 0. The smallest absolute Gasteiger partial charge is 0.338 e. The Morgan fingerprint density at radius 2 is 1.96 bits per heavy atom. The van der Waals surface area contributed by atoms with Crippen molar-refractivity contribution >= 4 is 23.3 Å². The van der Waals surface area contributed by atoms with E-state index in [0.29, 0.717) is 5.69 Å². The Morgan fingerprint density at radius 3 is 2.62 bits per heavy atom. The van der Waals surface area contributed by atoms with Gasteiger partial charge in [0.05, 0.1) is 17.1 Å². The number of nitrogens with one attached hydrogen (secondary N) is 1. The van der Waals surface area contributed by atoms with Crippen LogP contribution in [0.5, 0.6) is 5.75 Å². The topological polar surface area (TPSA) is 108 Å². The molecule has 0 spiro atoms. The van der Waals surface area contributed by atoms with Gasteiger partial charge in [-0.2, -0.15) is 0 Å². The second kappa shape index (κ2) is 8.61. The van der Waals surface area contributed by atoms with Gasteiger partial charge in [-0.05, 0) is 43.7 Å². The minimum Gasteiger partial charge on any atom is -0.487 e. The molecule has 0 aliphatic rings. The first-order chi connectivity index (χ1) is 12.4. The lowest BCUT2D eigenvalue weighted by Gasteiger charge is -2.08. The molecule has 0 bridgehead atoms. The van der Waals surface area contributed by atoms with E-state index < -0.39 is 23.4 Å². The Morgan fingerprint density at radius 1 is 1.19 bits per heavy atom. The summed E-state index contributed by atoms with van der Waals surface area (Å²) in [6, 6.07) is 10.9. The first kappa shape index (κ1) is 18.9. The monoisotopic (exact) mass is 358 g/mol. The van der Waals surface area contributed by atoms with Crippen LogP contribution in [-0.2, 0) is 9.53 Å². The number of esters is 1. The number of aryl methyl sites for hydroxylation is 1. The first-order valence-electron chi connectivity index (χ1n) is 7.85. The van der Waals surface area contributed by atoms with E-state index in [4.69, 9.17) is 9.47 Å². The van der Waals surface area contributed by atoms with Crippen LogP contribution in [0.25, 0.3) is 0 Å². The number of hydrogen-bond donors (Lipinski definition) is 1. The third-order valence-electron chi connectivity index (χ3n) is 3.33. The molecule has 0 atom stereocenters. The molecule has 8 nitrogen and oxygen atoms in total. The maximum atomic E-state index is 12.0. The highest BCUT2D eigenvalue weighted by atomic mass is 16.6. The quantitative estimate of drug-likeness (QED) is 0.463. The van der Waals surface area contributed by atoms with E-state index in [2.05, 4.69) is 5.32 Å². The van der Waals surface area contributed by atoms with Gasteiger partial charge in [-0.1, -0.05) is 12.1 Å². The Balaban J connectivity index is 2.00. The lowest BCUT2D eigenvalue weighted by molar-refractivity contribution is -0.385.